The standard InChI is InChI=1S/C21H24N2O/c24-21(22-20-14-19(20)17-8-2-1-3-9-17)18-10-6-7-16(13-18)15-23-11-4-5-12-23/h1-3,6-10,13,19-20H,4-5,11-12,14-15H2,(H,22,24)/t19-,20-/m1/s1. The molecule has 1 saturated carbocycles. The SMILES string of the molecule is O=C(N[C@@H]1C[C@@H]1c1ccccc1)c1cccc(CN2CCCC2)c1. The van der Waals surface area contributed by atoms with Gasteiger partial charge in [-0.1, -0.05) is 42.5 Å². The third-order valence-electron chi connectivity index (χ3n) is 5.13. The van der Waals surface area contributed by atoms with Crippen molar-refractivity contribution in [2.24, 2.45) is 0 Å². The van der Waals surface area contributed by atoms with Crippen LogP contribution in [0.25, 0.3) is 0 Å². The molecule has 1 N–H and O–H groups in total. The molecule has 3 heteroatoms. The van der Waals surface area contributed by atoms with Crippen LogP contribution in [0.15, 0.2) is 54.6 Å². The molecule has 3 nitrogen and oxygen atoms in total. The van der Waals surface area contributed by atoms with Gasteiger partial charge in [-0.05, 0) is 55.6 Å². The van der Waals surface area contributed by atoms with Gasteiger partial charge in [0.25, 0.3) is 5.91 Å². The number of carbonyl (C=O) groups is 1. The largest absolute Gasteiger partial charge is 0.349 e. The Kier molecular flexibility index (Phi) is 4.35. The van der Waals surface area contributed by atoms with Gasteiger partial charge in [0.2, 0.25) is 0 Å². The first-order valence-corrected chi connectivity index (χ1v) is 8.97. The fourth-order valence-corrected chi connectivity index (χ4v) is 3.68. The summed E-state index contributed by atoms with van der Waals surface area (Å²) in [4.78, 5) is 15.0. The van der Waals surface area contributed by atoms with Crippen molar-refractivity contribution in [2.75, 3.05) is 13.1 Å². The topological polar surface area (TPSA) is 32.3 Å². The number of likely N-dealkylation sites (tertiary alicyclic amines) is 1. The summed E-state index contributed by atoms with van der Waals surface area (Å²) in [5, 5.41) is 3.19. The van der Waals surface area contributed by atoms with E-state index < -0.39 is 0 Å². The molecule has 2 atom stereocenters. The Morgan fingerprint density at radius 2 is 1.83 bits per heavy atom. The smallest absolute Gasteiger partial charge is 0.251 e. The maximum absolute atomic E-state index is 12.5. The fourth-order valence-electron chi connectivity index (χ4n) is 3.68. The van der Waals surface area contributed by atoms with Gasteiger partial charge >= 0.3 is 0 Å². The van der Waals surface area contributed by atoms with Crippen molar-refractivity contribution in [1.82, 2.24) is 10.2 Å². The van der Waals surface area contributed by atoms with Crippen LogP contribution in [-0.4, -0.2) is 29.9 Å². The van der Waals surface area contributed by atoms with Crippen LogP contribution in [0.4, 0.5) is 0 Å². The normalized spacial score (nSPS) is 23.2. The van der Waals surface area contributed by atoms with Crippen LogP contribution in [0.1, 0.15) is 46.7 Å². The summed E-state index contributed by atoms with van der Waals surface area (Å²) in [6.07, 6.45) is 3.63. The van der Waals surface area contributed by atoms with Gasteiger partial charge < -0.3 is 5.32 Å². The lowest BCUT2D eigenvalue weighted by Crippen LogP contribution is -2.27. The van der Waals surface area contributed by atoms with E-state index in [2.05, 4.69) is 40.5 Å². The minimum Gasteiger partial charge on any atom is -0.349 e. The van der Waals surface area contributed by atoms with Crippen molar-refractivity contribution in [3.05, 3.63) is 71.3 Å². The number of rotatable bonds is 5. The Balaban J connectivity index is 1.36. The molecular weight excluding hydrogens is 296 g/mol. The average Bonchev–Trinajstić information content (AvgIpc) is 3.19. The molecule has 2 aromatic rings. The molecule has 0 unspecified atom stereocenters. The fraction of sp³-hybridized carbons (Fsp3) is 0.381. The zero-order valence-corrected chi connectivity index (χ0v) is 13.9. The molecule has 4 rings (SSSR count). The summed E-state index contributed by atoms with van der Waals surface area (Å²) in [6.45, 7) is 3.31. The number of hydrogen-bond acceptors (Lipinski definition) is 2. The molecule has 1 amide bonds. The molecule has 1 aliphatic heterocycles. The van der Waals surface area contributed by atoms with E-state index in [1.807, 2.05) is 24.3 Å². The summed E-state index contributed by atoms with van der Waals surface area (Å²) in [7, 11) is 0. The zero-order chi connectivity index (χ0) is 16.4. The van der Waals surface area contributed by atoms with Crippen LogP contribution in [0.2, 0.25) is 0 Å². The van der Waals surface area contributed by atoms with E-state index in [4.69, 9.17) is 0 Å². The number of nitrogens with one attached hydrogen (secondary N) is 1. The molecule has 2 aliphatic rings. The Hall–Kier alpha value is -2.13. The van der Waals surface area contributed by atoms with E-state index in [1.165, 1.54) is 37.1 Å². The zero-order valence-electron chi connectivity index (χ0n) is 13.9. The molecule has 2 fully saturated rings. The lowest BCUT2D eigenvalue weighted by atomic mass is 10.1. The van der Waals surface area contributed by atoms with Crippen molar-refractivity contribution in [2.45, 2.75) is 37.8 Å². The van der Waals surface area contributed by atoms with Crippen LogP contribution >= 0.6 is 0 Å². The van der Waals surface area contributed by atoms with Crippen LogP contribution in [0, 0.1) is 0 Å². The monoisotopic (exact) mass is 320 g/mol. The maximum Gasteiger partial charge on any atom is 0.251 e. The second-order valence-corrected chi connectivity index (χ2v) is 7.02. The third kappa shape index (κ3) is 3.51. The Morgan fingerprint density at radius 3 is 2.62 bits per heavy atom. The molecule has 0 spiro atoms. The summed E-state index contributed by atoms with van der Waals surface area (Å²) >= 11 is 0. The molecule has 2 aromatic carbocycles. The highest BCUT2D eigenvalue weighted by Crippen LogP contribution is 2.40. The van der Waals surface area contributed by atoms with Crippen LogP contribution in [0.5, 0.6) is 0 Å². The van der Waals surface area contributed by atoms with Gasteiger partial charge in [-0.3, -0.25) is 9.69 Å². The first-order chi connectivity index (χ1) is 11.8. The van der Waals surface area contributed by atoms with Crippen molar-refractivity contribution < 1.29 is 4.79 Å². The summed E-state index contributed by atoms with van der Waals surface area (Å²) < 4.78 is 0. The van der Waals surface area contributed by atoms with Crippen molar-refractivity contribution in [3.63, 3.8) is 0 Å². The highest BCUT2D eigenvalue weighted by Gasteiger charge is 2.39. The lowest BCUT2D eigenvalue weighted by Gasteiger charge is -2.15. The Bertz CT molecular complexity index is 707. The van der Waals surface area contributed by atoms with E-state index in [0.29, 0.717) is 5.92 Å². The van der Waals surface area contributed by atoms with E-state index in [-0.39, 0.29) is 11.9 Å². The molecular formula is C21H24N2O. The van der Waals surface area contributed by atoms with Gasteiger partial charge in [0.1, 0.15) is 0 Å². The van der Waals surface area contributed by atoms with Crippen molar-refractivity contribution in [1.29, 1.82) is 0 Å². The lowest BCUT2D eigenvalue weighted by molar-refractivity contribution is 0.0950. The quantitative estimate of drug-likeness (QED) is 0.913. The van der Waals surface area contributed by atoms with Crippen molar-refractivity contribution in [3.8, 4) is 0 Å². The van der Waals surface area contributed by atoms with E-state index in [1.54, 1.807) is 0 Å². The van der Waals surface area contributed by atoms with E-state index in [9.17, 15) is 4.79 Å². The predicted molar refractivity (Wildman–Crippen MR) is 96.0 cm³/mol. The van der Waals surface area contributed by atoms with Crippen LogP contribution in [0.3, 0.4) is 0 Å². The Labute approximate surface area is 143 Å². The number of carbonyl (C=O) groups excluding carboxylic acids is 1. The minimum absolute atomic E-state index is 0.0571. The summed E-state index contributed by atoms with van der Waals surface area (Å²) in [5.74, 6) is 0.532. The molecule has 0 radical (unpaired) electrons. The van der Waals surface area contributed by atoms with Gasteiger partial charge in [0.15, 0.2) is 0 Å². The van der Waals surface area contributed by atoms with E-state index in [0.717, 1.165) is 18.5 Å². The molecule has 0 aromatic heterocycles. The average molecular weight is 320 g/mol. The number of nitrogens with zero attached hydrogens (tertiary/aromatic N) is 1. The van der Waals surface area contributed by atoms with Gasteiger partial charge in [0, 0.05) is 24.1 Å². The number of hydrogen-bond donors (Lipinski definition) is 1. The molecule has 24 heavy (non-hydrogen) atoms. The Morgan fingerprint density at radius 1 is 1.04 bits per heavy atom. The second-order valence-electron chi connectivity index (χ2n) is 7.02. The first-order valence-electron chi connectivity index (χ1n) is 8.97. The molecule has 0 bridgehead atoms. The molecule has 124 valence electrons. The van der Waals surface area contributed by atoms with Gasteiger partial charge in [-0.15, -0.1) is 0 Å². The maximum atomic E-state index is 12.5. The van der Waals surface area contributed by atoms with Gasteiger partial charge in [0.05, 0.1) is 0 Å². The summed E-state index contributed by atoms with van der Waals surface area (Å²) in [6, 6.07) is 18.8. The van der Waals surface area contributed by atoms with Crippen LogP contribution in [-0.2, 0) is 6.54 Å². The van der Waals surface area contributed by atoms with E-state index >= 15 is 0 Å². The highest BCUT2D eigenvalue weighted by atomic mass is 16.1. The highest BCUT2D eigenvalue weighted by molar-refractivity contribution is 5.94. The predicted octanol–water partition coefficient (Wildman–Crippen LogP) is 3.57. The van der Waals surface area contributed by atoms with Crippen molar-refractivity contribution >= 4 is 5.91 Å². The third-order valence-corrected chi connectivity index (χ3v) is 5.13. The first kappa shape index (κ1) is 15.4. The summed E-state index contributed by atoms with van der Waals surface area (Å²) in [5.41, 5.74) is 3.34. The minimum atomic E-state index is 0.0571. The molecule has 1 aliphatic carbocycles. The van der Waals surface area contributed by atoms with Gasteiger partial charge in [-0.25, -0.2) is 0 Å². The molecule has 1 saturated heterocycles. The molecule has 1 heterocycles. The van der Waals surface area contributed by atoms with Gasteiger partial charge in [-0.2, -0.15) is 0 Å². The second kappa shape index (κ2) is 6.78. The van der Waals surface area contributed by atoms with Crippen LogP contribution < -0.4 is 5.32 Å². The number of amides is 1. The number of benzene rings is 2.